The van der Waals surface area contributed by atoms with Crippen molar-refractivity contribution in [2.75, 3.05) is 26.2 Å². The van der Waals surface area contributed by atoms with E-state index in [2.05, 4.69) is 40.3 Å². The van der Waals surface area contributed by atoms with E-state index in [0.717, 1.165) is 17.6 Å². The molecule has 2 nitrogen and oxygen atoms in total. The van der Waals surface area contributed by atoms with Crippen molar-refractivity contribution in [3.63, 3.8) is 0 Å². The highest BCUT2D eigenvalue weighted by molar-refractivity contribution is 7.10. The summed E-state index contributed by atoms with van der Waals surface area (Å²) < 4.78 is 0. The van der Waals surface area contributed by atoms with E-state index in [9.17, 15) is 0 Å². The first-order valence-electron chi connectivity index (χ1n) is 9.49. The zero-order chi connectivity index (χ0) is 17.2. The highest BCUT2D eigenvalue weighted by Gasteiger charge is 2.26. The van der Waals surface area contributed by atoms with Crippen LogP contribution in [0.5, 0.6) is 0 Å². The lowest BCUT2D eigenvalue weighted by Gasteiger charge is -2.36. The Labute approximate surface area is 160 Å². The Morgan fingerprint density at radius 2 is 1.76 bits per heavy atom. The molecule has 3 heterocycles. The number of halogens is 1. The standard InChI is InChI=1S/C21H27ClN2S/c1-16-10-17(12-19(22)11-16)18-13-21(25-15-18)14-23-8-4-20(5-9-23)24-6-2-3-7-24/h10-13,15,20H,2-9,14H2,1H3. The molecule has 2 aliphatic rings. The monoisotopic (exact) mass is 374 g/mol. The summed E-state index contributed by atoms with van der Waals surface area (Å²) in [5, 5.41) is 3.10. The van der Waals surface area contributed by atoms with Crippen molar-refractivity contribution in [2.45, 2.75) is 45.2 Å². The number of rotatable bonds is 4. The molecule has 0 unspecified atom stereocenters. The Morgan fingerprint density at radius 1 is 1.00 bits per heavy atom. The molecule has 0 aliphatic carbocycles. The van der Waals surface area contributed by atoms with Crippen LogP contribution in [0.4, 0.5) is 0 Å². The molecule has 4 rings (SSSR count). The van der Waals surface area contributed by atoms with Gasteiger partial charge in [0, 0.05) is 35.6 Å². The highest BCUT2D eigenvalue weighted by atomic mass is 35.5. The minimum Gasteiger partial charge on any atom is -0.300 e. The van der Waals surface area contributed by atoms with Crippen molar-refractivity contribution in [1.82, 2.24) is 9.80 Å². The van der Waals surface area contributed by atoms with E-state index in [-0.39, 0.29) is 0 Å². The van der Waals surface area contributed by atoms with Crippen molar-refractivity contribution in [3.05, 3.63) is 45.1 Å². The molecule has 0 saturated carbocycles. The molecule has 4 heteroatoms. The van der Waals surface area contributed by atoms with Gasteiger partial charge in [0.2, 0.25) is 0 Å². The largest absolute Gasteiger partial charge is 0.300 e. The highest BCUT2D eigenvalue weighted by Crippen LogP contribution is 2.30. The van der Waals surface area contributed by atoms with Gasteiger partial charge in [0.1, 0.15) is 0 Å². The number of piperidine rings is 1. The van der Waals surface area contributed by atoms with Crippen LogP contribution in [0.25, 0.3) is 11.1 Å². The fraction of sp³-hybridized carbons (Fsp3) is 0.524. The Kier molecular flexibility index (Phi) is 5.47. The molecule has 2 saturated heterocycles. The third-order valence-corrected chi connectivity index (χ3v) is 6.76. The van der Waals surface area contributed by atoms with E-state index in [4.69, 9.17) is 11.6 Å². The quantitative estimate of drug-likeness (QED) is 0.703. The van der Waals surface area contributed by atoms with Gasteiger partial charge in [-0.05, 0) is 86.0 Å². The van der Waals surface area contributed by atoms with Gasteiger partial charge < -0.3 is 4.90 Å². The SMILES string of the molecule is Cc1cc(Cl)cc(-c2csc(CN3CCC(N4CCCC4)CC3)c2)c1. The predicted molar refractivity (Wildman–Crippen MR) is 109 cm³/mol. The zero-order valence-corrected chi connectivity index (χ0v) is 16.6. The third kappa shape index (κ3) is 4.28. The summed E-state index contributed by atoms with van der Waals surface area (Å²) in [5.74, 6) is 0. The van der Waals surface area contributed by atoms with Crippen LogP contribution in [0.2, 0.25) is 5.02 Å². The molecule has 0 bridgehead atoms. The Morgan fingerprint density at radius 3 is 2.48 bits per heavy atom. The molecule has 0 amide bonds. The van der Waals surface area contributed by atoms with E-state index >= 15 is 0 Å². The Balaban J connectivity index is 1.35. The van der Waals surface area contributed by atoms with Crippen LogP contribution >= 0.6 is 22.9 Å². The second-order valence-electron chi connectivity index (χ2n) is 7.57. The van der Waals surface area contributed by atoms with E-state index in [1.54, 1.807) is 0 Å². The zero-order valence-electron chi connectivity index (χ0n) is 15.0. The first-order chi connectivity index (χ1) is 12.2. The smallest absolute Gasteiger partial charge is 0.0414 e. The van der Waals surface area contributed by atoms with Gasteiger partial charge in [0.25, 0.3) is 0 Å². The van der Waals surface area contributed by atoms with Gasteiger partial charge >= 0.3 is 0 Å². The fourth-order valence-corrected chi connectivity index (χ4v) is 5.51. The number of hydrogen-bond acceptors (Lipinski definition) is 3. The summed E-state index contributed by atoms with van der Waals surface area (Å²) in [7, 11) is 0. The molecule has 2 aromatic rings. The summed E-state index contributed by atoms with van der Waals surface area (Å²) in [6.07, 6.45) is 5.49. The Bertz CT molecular complexity index is 692. The van der Waals surface area contributed by atoms with Crippen LogP contribution in [0.15, 0.2) is 29.6 Å². The van der Waals surface area contributed by atoms with E-state index in [1.165, 1.54) is 73.4 Å². The van der Waals surface area contributed by atoms with Crippen molar-refractivity contribution < 1.29 is 0 Å². The lowest BCUT2D eigenvalue weighted by atomic mass is 10.0. The number of hydrogen-bond donors (Lipinski definition) is 0. The second kappa shape index (κ2) is 7.79. The van der Waals surface area contributed by atoms with Crippen molar-refractivity contribution >= 4 is 22.9 Å². The number of nitrogens with zero attached hydrogens (tertiary/aromatic N) is 2. The molecule has 0 spiro atoms. The minimum absolute atomic E-state index is 0.826. The maximum atomic E-state index is 6.22. The molecule has 0 radical (unpaired) electrons. The summed E-state index contributed by atoms with van der Waals surface area (Å²) in [4.78, 5) is 6.82. The number of aryl methyl sites for hydroxylation is 1. The van der Waals surface area contributed by atoms with Crippen LogP contribution in [-0.4, -0.2) is 42.0 Å². The molecule has 25 heavy (non-hydrogen) atoms. The van der Waals surface area contributed by atoms with Crippen molar-refractivity contribution in [1.29, 1.82) is 0 Å². The lowest BCUT2D eigenvalue weighted by Crippen LogP contribution is -2.43. The van der Waals surface area contributed by atoms with E-state index in [0.29, 0.717) is 0 Å². The van der Waals surface area contributed by atoms with Gasteiger partial charge in [-0.2, -0.15) is 0 Å². The number of benzene rings is 1. The molecule has 1 aromatic heterocycles. The van der Waals surface area contributed by atoms with Crippen LogP contribution in [0.1, 0.15) is 36.1 Å². The molecule has 2 fully saturated rings. The van der Waals surface area contributed by atoms with Gasteiger partial charge in [-0.25, -0.2) is 0 Å². The average molecular weight is 375 g/mol. The molecule has 0 atom stereocenters. The topological polar surface area (TPSA) is 6.48 Å². The number of thiophene rings is 1. The number of likely N-dealkylation sites (tertiary alicyclic amines) is 2. The lowest BCUT2D eigenvalue weighted by molar-refractivity contribution is 0.123. The van der Waals surface area contributed by atoms with Crippen LogP contribution in [0, 0.1) is 6.92 Å². The fourth-order valence-electron chi connectivity index (χ4n) is 4.29. The van der Waals surface area contributed by atoms with Crippen molar-refractivity contribution in [2.24, 2.45) is 0 Å². The predicted octanol–water partition coefficient (Wildman–Crippen LogP) is 5.44. The second-order valence-corrected chi connectivity index (χ2v) is 9.00. The third-order valence-electron chi connectivity index (χ3n) is 5.62. The first-order valence-corrected chi connectivity index (χ1v) is 10.7. The first kappa shape index (κ1) is 17.5. The van der Waals surface area contributed by atoms with E-state index in [1.807, 2.05) is 17.4 Å². The summed E-state index contributed by atoms with van der Waals surface area (Å²) >= 11 is 8.10. The normalized spacial score (nSPS) is 20.4. The molecule has 0 N–H and O–H groups in total. The molecular weight excluding hydrogens is 348 g/mol. The molecule has 134 valence electrons. The summed E-state index contributed by atoms with van der Waals surface area (Å²) in [5.41, 5.74) is 3.76. The molecule has 1 aromatic carbocycles. The Hall–Kier alpha value is -0.870. The van der Waals surface area contributed by atoms with Gasteiger partial charge in [0.05, 0.1) is 0 Å². The minimum atomic E-state index is 0.826. The van der Waals surface area contributed by atoms with Crippen molar-refractivity contribution in [3.8, 4) is 11.1 Å². The van der Waals surface area contributed by atoms with Crippen LogP contribution in [0.3, 0.4) is 0 Å². The average Bonchev–Trinajstić information content (AvgIpc) is 3.26. The summed E-state index contributed by atoms with van der Waals surface area (Å²) in [6.45, 7) is 8.34. The maximum Gasteiger partial charge on any atom is 0.0414 e. The van der Waals surface area contributed by atoms with E-state index < -0.39 is 0 Å². The molecular formula is C21H27ClN2S. The van der Waals surface area contributed by atoms with Gasteiger partial charge in [-0.15, -0.1) is 11.3 Å². The van der Waals surface area contributed by atoms with Crippen LogP contribution < -0.4 is 0 Å². The van der Waals surface area contributed by atoms with Crippen LogP contribution in [-0.2, 0) is 6.54 Å². The molecule has 2 aliphatic heterocycles. The maximum absolute atomic E-state index is 6.22. The van der Waals surface area contributed by atoms with Gasteiger partial charge in [-0.1, -0.05) is 17.7 Å². The van der Waals surface area contributed by atoms with Gasteiger partial charge in [0.15, 0.2) is 0 Å². The van der Waals surface area contributed by atoms with Gasteiger partial charge in [-0.3, -0.25) is 4.90 Å². The summed E-state index contributed by atoms with van der Waals surface area (Å²) in [6, 6.07) is 9.50.